The van der Waals surface area contributed by atoms with Gasteiger partial charge in [0.1, 0.15) is 5.69 Å². The third-order valence-corrected chi connectivity index (χ3v) is 3.18. The zero-order valence-electron chi connectivity index (χ0n) is 13.2. The number of amides is 1. The van der Waals surface area contributed by atoms with Crippen molar-refractivity contribution >= 4 is 17.5 Å². The van der Waals surface area contributed by atoms with Gasteiger partial charge in [0.25, 0.3) is 5.91 Å². The molecular formula is C16H17F3N4O. The zero-order chi connectivity index (χ0) is 17.7. The first-order chi connectivity index (χ1) is 11.4. The van der Waals surface area contributed by atoms with Crippen LogP contribution in [-0.4, -0.2) is 22.4 Å². The minimum absolute atomic E-state index is 0.0826. The maximum Gasteiger partial charge on any atom is 0.270 e. The molecule has 0 aliphatic rings. The molecule has 0 atom stereocenters. The van der Waals surface area contributed by atoms with Crippen molar-refractivity contribution in [2.75, 3.05) is 11.9 Å². The highest BCUT2D eigenvalue weighted by Gasteiger charge is 2.15. The molecule has 24 heavy (non-hydrogen) atoms. The standard InChI is InChI=1S/C16H17F3N4O/c1-9(2)5-7-20-15(24)12-6-8-21-16(23-12)22-11-4-3-10(17)13(18)14(11)19/h3-4,6,8-9H,5,7H2,1-2H3,(H,20,24)(H,21,22,23). The van der Waals surface area contributed by atoms with Crippen molar-refractivity contribution in [1.29, 1.82) is 0 Å². The van der Waals surface area contributed by atoms with Crippen molar-refractivity contribution in [3.8, 4) is 0 Å². The first-order valence-electron chi connectivity index (χ1n) is 7.40. The van der Waals surface area contributed by atoms with Gasteiger partial charge in [-0.1, -0.05) is 13.8 Å². The normalized spacial score (nSPS) is 10.8. The molecule has 0 aliphatic heterocycles. The number of aromatic nitrogens is 2. The highest BCUT2D eigenvalue weighted by molar-refractivity contribution is 5.92. The second kappa shape index (κ2) is 7.76. The van der Waals surface area contributed by atoms with Crippen molar-refractivity contribution in [1.82, 2.24) is 15.3 Å². The fraction of sp³-hybridized carbons (Fsp3) is 0.312. The number of hydrogen-bond acceptors (Lipinski definition) is 4. The lowest BCUT2D eigenvalue weighted by atomic mass is 10.1. The van der Waals surface area contributed by atoms with E-state index >= 15 is 0 Å². The first-order valence-corrected chi connectivity index (χ1v) is 7.40. The van der Waals surface area contributed by atoms with Crippen LogP contribution in [0.15, 0.2) is 24.4 Å². The van der Waals surface area contributed by atoms with E-state index in [1.54, 1.807) is 0 Å². The fourth-order valence-electron chi connectivity index (χ4n) is 1.85. The van der Waals surface area contributed by atoms with E-state index in [0.717, 1.165) is 18.6 Å². The molecule has 2 aromatic rings. The number of carbonyl (C=O) groups is 1. The molecule has 8 heteroatoms. The number of anilines is 2. The topological polar surface area (TPSA) is 66.9 Å². The molecule has 0 saturated carbocycles. The summed E-state index contributed by atoms with van der Waals surface area (Å²) in [6, 6.07) is 3.20. The summed E-state index contributed by atoms with van der Waals surface area (Å²) in [5.74, 6) is -4.32. The van der Waals surface area contributed by atoms with E-state index < -0.39 is 23.4 Å². The van der Waals surface area contributed by atoms with E-state index in [1.807, 2.05) is 13.8 Å². The Morgan fingerprint density at radius 2 is 1.92 bits per heavy atom. The van der Waals surface area contributed by atoms with Gasteiger partial charge in [0.2, 0.25) is 5.95 Å². The molecule has 128 valence electrons. The third kappa shape index (κ3) is 4.43. The van der Waals surface area contributed by atoms with Crippen LogP contribution in [0.3, 0.4) is 0 Å². The molecule has 0 radical (unpaired) electrons. The van der Waals surface area contributed by atoms with Crippen molar-refractivity contribution in [2.24, 2.45) is 5.92 Å². The van der Waals surface area contributed by atoms with E-state index in [0.29, 0.717) is 12.5 Å². The van der Waals surface area contributed by atoms with Crippen molar-refractivity contribution < 1.29 is 18.0 Å². The molecule has 2 rings (SSSR count). The summed E-state index contributed by atoms with van der Waals surface area (Å²) < 4.78 is 39.8. The smallest absolute Gasteiger partial charge is 0.270 e. The van der Waals surface area contributed by atoms with Gasteiger partial charge < -0.3 is 10.6 Å². The molecular weight excluding hydrogens is 321 g/mol. The molecule has 5 nitrogen and oxygen atoms in total. The fourth-order valence-corrected chi connectivity index (χ4v) is 1.85. The zero-order valence-corrected chi connectivity index (χ0v) is 13.2. The summed E-state index contributed by atoms with van der Waals surface area (Å²) >= 11 is 0. The lowest BCUT2D eigenvalue weighted by molar-refractivity contribution is 0.0947. The van der Waals surface area contributed by atoms with Crippen LogP contribution in [0.4, 0.5) is 24.8 Å². The van der Waals surface area contributed by atoms with E-state index in [-0.39, 0.29) is 17.3 Å². The second-order valence-corrected chi connectivity index (χ2v) is 5.55. The summed E-state index contributed by atoms with van der Waals surface area (Å²) in [4.78, 5) is 19.8. The summed E-state index contributed by atoms with van der Waals surface area (Å²) in [7, 11) is 0. The van der Waals surface area contributed by atoms with Gasteiger partial charge in [-0.15, -0.1) is 0 Å². The Labute approximate surface area is 137 Å². The van der Waals surface area contributed by atoms with Crippen molar-refractivity contribution in [3.63, 3.8) is 0 Å². The van der Waals surface area contributed by atoms with Gasteiger partial charge in [-0.2, -0.15) is 0 Å². The van der Waals surface area contributed by atoms with Crippen LogP contribution in [0, 0.1) is 23.4 Å². The Bertz CT molecular complexity index is 737. The molecule has 1 aromatic heterocycles. The summed E-state index contributed by atoms with van der Waals surface area (Å²) in [6.45, 7) is 4.57. The van der Waals surface area contributed by atoms with Gasteiger partial charge in [-0.3, -0.25) is 4.79 Å². The average molecular weight is 338 g/mol. The number of nitrogens with zero attached hydrogens (tertiary/aromatic N) is 2. The lowest BCUT2D eigenvalue weighted by Crippen LogP contribution is -2.26. The van der Waals surface area contributed by atoms with Gasteiger partial charge in [0.15, 0.2) is 17.5 Å². The molecule has 0 saturated heterocycles. The summed E-state index contributed by atoms with van der Waals surface area (Å²) in [5.41, 5.74) is -0.245. The molecule has 0 spiro atoms. The number of carbonyl (C=O) groups excluding carboxylic acids is 1. The van der Waals surface area contributed by atoms with Crippen LogP contribution in [0.25, 0.3) is 0 Å². The quantitative estimate of drug-likeness (QED) is 0.792. The molecule has 0 fully saturated rings. The van der Waals surface area contributed by atoms with Gasteiger partial charge in [0, 0.05) is 12.7 Å². The Hall–Kier alpha value is -2.64. The van der Waals surface area contributed by atoms with Crippen molar-refractivity contribution in [3.05, 3.63) is 47.5 Å². The minimum atomic E-state index is -1.59. The van der Waals surface area contributed by atoms with E-state index in [9.17, 15) is 18.0 Å². The van der Waals surface area contributed by atoms with Crippen molar-refractivity contribution in [2.45, 2.75) is 20.3 Å². The van der Waals surface area contributed by atoms with Crippen LogP contribution in [0.2, 0.25) is 0 Å². The van der Waals surface area contributed by atoms with Gasteiger partial charge in [0.05, 0.1) is 5.69 Å². The van der Waals surface area contributed by atoms with Gasteiger partial charge >= 0.3 is 0 Å². The van der Waals surface area contributed by atoms with Crippen LogP contribution in [0.1, 0.15) is 30.8 Å². The molecule has 1 heterocycles. The Balaban J connectivity index is 2.10. The minimum Gasteiger partial charge on any atom is -0.351 e. The number of hydrogen-bond donors (Lipinski definition) is 2. The largest absolute Gasteiger partial charge is 0.351 e. The molecule has 1 aromatic carbocycles. The maximum absolute atomic E-state index is 13.6. The first kappa shape index (κ1) is 17.7. The van der Waals surface area contributed by atoms with Crippen LogP contribution < -0.4 is 10.6 Å². The highest BCUT2D eigenvalue weighted by Crippen LogP contribution is 2.21. The summed E-state index contributed by atoms with van der Waals surface area (Å²) in [6.07, 6.45) is 2.13. The number of halogens is 3. The van der Waals surface area contributed by atoms with E-state index in [4.69, 9.17) is 0 Å². The predicted octanol–water partition coefficient (Wildman–Crippen LogP) is 3.41. The Kier molecular flexibility index (Phi) is 5.73. The monoisotopic (exact) mass is 338 g/mol. The number of nitrogens with one attached hydrogen (secondary N) is 2. The summed E-state index contributed by atoms with van der Waals surface area (Å²) in [5, 5.41) is 5.13. The molecule has 0 unspecified atom stereocenters. The maximum atomic E-state index is 13.6. The van der Waals surface area contributed by atoms with Crippen LogP contribution >= 0.6 is 0 Å². The molecule has 0 aliphatic carbocycles. The number of benzene rings is 1. The SMILES string of the molecule is CC(C)CCNC(=O)c1ccnc(Nc2ccc(F)c(F)c2F)n1. The third-order valence-electron chi connectivity index (χ3n) is 3.18. The Morgan fingerprint density at radius 1 is 1.17 bits per heavy atom. The van der Waals surface area contributed by atoms with E-state index in [1.165, 1.54) is 12.3 Å². The molecule has 1 amide bonds. The average Bonchev–Trinajstić information content (AvgIpc) is 2.55. The predicted molar refractivity (Wildman–Crippen MR) is 83.4 cm³/mol. The van der Waals surface area contributed by atoms with Gasteiger partial charge in [-0.25, -0.2) is 23.1 Å². The van der Waals surface area contributed by atoms with Gasteiger partial charge in [-0.05, 0) is 30.5 Å². The Morgan fingerprint density at radius 3 is 2.62 bits per heavy atom. The van der Waals surface area contributed by atoms with Crippen LogP contribution in [-0.2, 0) is 0 Å². The number of rotatable bonds is 6. The molecule has 2 N–H and O–H groups in total. The van der Waals surface area contributed by atoms with E-state index in [2.05, 4.69) is 20.6 Å². The highest BCUT2D eigenvalue weighted by atomic mass is 19.2. The lowest BCUT2D eigenvalue weighted by Gasteiger charge is -2.09. The second-order valence-electron chi connectivity index (χ2n) is 5.55. The van der Waals surface area contributed by atoms with Crippen LogP contribution in [0.5, 0.6) is 0 Å². The molecule has 0 bridgehead atoms.